The van der Waals surface area contributed by atoms with Crippen molar-refractivity contribution in [3.8, 4) is 0 Å². The van der Waals surface area contributed by atoms with Crippen molar-refractivity contribution in [2.45, 2.75) is 6.42 Å². The lowest BCUT2D eigenvalue weighted by molar-refractivity contribution is 0.104. The zero-order valence-electron chi connectivity index (χ0n) is 9.34. The third-order valence-corrected chi connectivity index (χ3v) is 2.92. The number of hydrogen-bond acceptors (Lipinski definition) is 1. The first kappa shape index (κ1) is 11.9. The zero-order valence-corrected chi connectivity index (χ0v) is 10.1. The van der Waals surface area contributed by atoms with Crippen molar-refractivity contribution >= 4 is 17.4 Å². The van der Waals surface area contributed by atoms with Crippen LogP contribution < -0.4 is 0 Å². The van der Waals surface area contributed by atoms with Crippen LogP contribution in [0.25, 0.3) is 0 Å². The summed E-state index contributed by atoms with van der Waals surface area (Å²) in [5, 5.41) is 0.768. The Labute approximate surface area is 106 Å². The summed E-state index contributed by atoms with van der Waals surface area (Å²) in [5.74, 6) is 0.310. The highest BCUT2D eigenvalue weighted by Gasteiger charge is 2.05. The minimum Gasteiger partial charge on any atom is -0.289 e. The van der Waals surface area contributed by atoms with E-state index in [1.165, 1.54) is 0 Å². The van der Waals surface area contributed by atoms with Crippen molar-refractivity contribution in [1.82, 2.24) is 0 Å². The van der Waals surface area contributed by atoms with Gasteiger partial charge < -0.3 is 0 Å². The third kappa shape index (κ3) is 3.43. The number of halogens is 1. The van der Waals surface area contributed by atoms with Crippen molar-refractivity contribution in [2.75, 3.05) is 0 Å². The lowest BCUT2D eigenvalue weighted by Crippen LogP contribution is -1.98. The Morgan fingerprint density at radius 1 is 1.29 bits per heavy atom. The summed E-state index contributed by atoms with van der Waals surface area (Å²) in [6.45, 7) is 0. The van der Waals surface area contributed by atoms with Gasteiger partial charge in [-0.1, -0.05) is 60.2 Å². The van der Waals surface area contributed by atoms with Gasteiger partial charge in [-0.2, -0.15) is 0 Å². The first-order valence-corrected chi connectivity index (χ1v) is 5.95. The molecule has 0 spiro atoms. The molecular weight excluding hydrogens is 232 g/mol. The first-order chi connectivity index (χ1) is 8.25. The number of carbonyl (C=O) groups excluding carboxylic acids is 1. The van der Waals surface area contributed by atoms with Gasteiger partial charge in [0.2, 0.25) is 0 Å². The quantitative estimate of drug-likeness (QED) is 0.577. The van der Waals surface area contributed by atoms with Crippen LogP contribution in [0.5, 0.6) is 0 Å². The van der Waals surface area contributed by atoms with Crippen molar-refractivity contribution in [3.63, 3.8) is 0 Å². The summed E-state index contributed by atoms with van der Waals surface area (Å²) < 4.78 is 0. The van der Waals surface area contributed by atoms with Gasteiger partial charge in [0, 0.05) is 10.6 Å². The molecule has 86 valence electrons. The second-order valence-corrected chi connectivity index (χ2v) is 4.37. The van der Waals surface area contributed by atoms with Crippen molar-refractivity contribution in [2.24, 2.45) is 5.92 Å². The highest BCUT2D eigenvalue weighted by molar-refractivity contribution is 6.31. The van der Waals surface area contributed by atoms with E-state index in [1.807, 2.05) is 54.6 Å². The van der Waals surface area contributed by atoms with Gasteiger partial charge in [0.05, 0.1) is 0 Å². The number of benzene rings is 1. The van der Waals surface area contributed by atoms with E-state index in [2.05, 4.69) is 0 Å². The van der Waals surface area contributed by atoms with Gasteiger partial charge in [-0.15, -0.1) is 0 Å². The summed E-state index contributed by atoms with van der Waals surface area (Å²) in [6, 6.07) is 9.27. The average molecular weight is 245 g/mol. The monoisotopic (exact) mass is 244 g/mol. The summed E-state index contributed by atoms with van der Waals surface area (Å²) in [5.41, 5.74) is 0.720. The Balaban J connectivity index is 1.98. The smallest absolute Gasteiger partial charge is 0.185 e. The van der Waals surface area contributed by atoms with Crippen LogP contribution in [0.3, 0.4) is 0 Å². The molecule has 1 aromatic carbocycles. The molecule has 1 aliphatic carbocycles. The summed E-state index contributed by atoms with van der Waals surface area (Å²) in [6.07, 6.45) is 10.3. The number of ketones is 1. The number of hydrogen-bond donors (Lipinski definition) is 0. The van der Waals surface area contributed by atoms with Crippen LogP contribution in [0.2, 0.25) is 0 Å². The Morgan fingerprint density at radius 2 is 2.06 bits per heavy atom. The molecule has 0 radical (unpaired) electrons. The molecule has 0 bridgehead atoms. The molecule has 2 heteroatoms. The van der Waals surface area contributed by atoms with E-state index in [1.54, 1.807) is 6.08 Å². The number of rotatable bonds is 3. The normalized spacial score (nSPS) is 19.4. The predicted molar refractivity (Wildman–Crippen MR) is 71.1 cm³/mol. The molecule has 1 nitrogen and oxygen atoms in total. The van der Waals surface area contributed by atoms with Gasteiger partial charge in [-0.25, -0.2) is 0 Å². The van der Waals surface area contributed by atoms with E-state index >= 15 is 0 Å². The molecule has 0 amide bonds. The van der Waals surface area contributed by atoms with Crippen molar-refractivity contribution in [3.05, 3.63) is 71.3 Å². The zero-order chi connectivity index (χ0) is 12.1. The molecule has 17 heavy (non-hydrogen) atoms. The standard InChI is InChI=1S/C15H13ClO/c16-14-9-6-12(7-10-14)8-11-15(17)13-4-2-1-3-5-13/h1-6,8-12H,7H2. The highest BCUT2D eigenvalue weighted by atomic mass is 35.5. The Bertz CT molecular complexity index is 483. The Kier molecular flexibility index (Phi) is 3.94. The predicted octanol–water partition coefficient (Wildman–Crippen LogP) is 4.12. The van der Waals surface area contributed by atoms with E-state index in [0.29, 0.717) is 0 Å². The molecule has 1 atom stereocenters. The summed E-state index contributed by atoms with van der Waals surface area (Å²) >= 11 is 5.82. The van der Waals surface area contributed by atoms with Gasteiger partial charge >= 0.3 is 0 Å². The Hall–Kier alpha value is -1.60. The summed E-state index contributed by atoms with van der Waals surface area (Å²) in [7, 11) is 0. The molecule has 0 heterocycles. The van der Waals surface area contributed by atoms with Gasteiger partial charge in [-0.05, 0) is 24.5 Å². The van der Waals surface area contributed by atoms with E-state index in [0.717, 1.165) is 17.0 Å². The maximum Gasteiger partial charge on any atom is 0.185 e. The fourth-order valence-electron chi connectivity index (χ4n) is 1.66. The average Bonchev–Trinajstić information content (AvgIpc) is 2.39. The largest absolute Gasteiger partial charge is 0.289 e. The topological polar surface area (TPSA) is 17.1 Å². The molecule has 1 unspecified atom stereocenters. The van der Waals surface area contributed by atoms with Crippen LogP contribution in [0.1, 0.15) is 16.8 Å². The molecular formula is C15H13ClO. The molecule has 2 rings (SSSR count). The molecule has 0 aliphatic heterocycles. The minimum atomic E-state index is 0.0413. The first-order valence-electron chi connectivity index (χ1n) is 5.57. The lowest BCUT2D eigenvalue weighted by Gasteiger charge is -2.08. The van der Waals surface area contributed by atoms with Crippen molar-refractivity contribution in [1.29, 1.82) is 0 Å². The highest BCUT2D eigenvalue weighted by Crippen LogP contribution is 2.19. The maximum absolute atomic E-state index is 11.8. The molecule has 1 aromatic rings. The lowest BCUT2D eigenvalue weighted by atomic mass is 9.99. The Morgan fingerprint density at radius 3 is 2.71 bits per heavy atom. The van der Waals surface area contributed by atoms with Gasteiger partial charge in [0.15, 0.2) is 5.78 Å². The van der Waals surface area contributed by atoms with Crippen LogP contribution in [-0.2, 0) is 0 Å². The van der Waals surface area contributed by atoms with Gasteiger partial charge in [0.25, 0.3) is 0 Å². The fraction of sp³-hybridized carbons (Fsp3) is 0.133. The SMILES string of the molecule is O=C(C=CC1C=CC(Cl)=CC1)c1ccccc1. The molecule has 0 saturated carbocycles. The minimum absolute atomic E-state index is 0.0413. The van der Waals surface area contributed by atoms with Crippen LogP contribution in [0.4, 0.5) is 0 Å². The summed E-state index contributed by atoms with van der Waals surface area (Å²) in [4.78, 5) is 11.8. The number of allylic oxidation sites excluding steroid dienone is 6. The van der Waals surface area contributed by atoms with Crippen LogP contribution in [0, 0.1) is 5.92 Å². The molecule has 0 N–H and O–H groups in total. The third-order valence-electron chi connectivity index (χ3n) is 2.64. The van der Waals surface area contributed by atoms with E-state index in [4.69, 9.17) is 11.6 Å². The van der Waals surface area contributed by atoms with Crippen LogP contribution in [-0.4, -0.2) is 5.78 Å². The van der Waals surface area contributed by atoms with E-state index in [-0.39, 0.29) is 11.7 Å². The maximum atomic E-state index is 11.8. The van der Waals surface area contributed by atoms with Crippen LogP contribution >= 0.6 is 11.6 Å². The molecule has 0 saturated heterocycles. The second kappa shape index (κ2) is 5.65. The van der Waals surface area contributed by atoms with Gasteiger partial charge in [-0.3, -0.25) is 4.79 Å². The fourth-order valence-corrected chi connectivity index (χ4v) is 1.82. The number of carbonyl (C=O) groups is 1. The molecule has 0 aromatic heterocycles. The van der Waals surface area contributed by atoms with Gasteiger partial charge in [0.1, 0.15) is 0 Å². The van der Waals surface area contributed by atoms with Crippen molar-refractivity contribution < 1.29 is 4.79 Å². The van der Waals surface area contributed by atoms with Crippen LogP contribution in [0.15, 0.2) is 65.7 Å². The second-order valence-electron chi connectivity index (χ2n) is 3.94. The van der Waals surface area contributed by atoms with E-state index in [9.17, 15) is 4.79 Å². The van der Waals surface area contributed by atoms with E-state index < -0.39 is 0 Å². The molecule has 1 aliphatic rings. The molecule has 0 fully saturated rings.